The molecule has 0 saturated heterocycles. The molecular formula is C12H14BrF3N2O. The molecule has 19 heavy (non-hydrogen) atoms. The van der Waals surface area contributed by atoms with Crippen LogP contribution in [0.25, 0.3) is 0 Å². The maximum atomic E-state index is 12.8. The largest absolute Gasteiger partial charge is 0.418 e. The number of nitrogens with one attached hydrogen (secondary N) is 2. The van der Waals surface area contributed by atoms with Gasteiger partial charge in [0.15, 0.2) is 0 Å². The number of carbonyl (C=O) groups is 1. The third-order valence-electron chi connectivity index (χ3n) is 2.30. The van der Waals surface area contributed by atoms with Gasteiger partial charge < -0.3 is 10.6 Å². The number of carbonyl (C=O) groups excluding carboxylic acids is 1. The molecular weight excluding hydrogens is 325 g/mol. The standard InChI is InChI=1S/C12H14BrF3N2O/c1-2-5-17-11(19)7-18-10-6-8(13)3-4-9(10)12(14,15)16/h3-4,6,18H,2,5,7H2,1H3,(H,17,19). The first kappa shape index (κ1) is 15.8. The molecule has 0 aliphatic rings. The van der Waals surface area contributed by atoms with Gasteiger partial charge in [0.05, 0.1) is 12.1 Å². The Morgan fingerprint density at radius 1 is 1.37 bits per heavy atom. The van der Waals surface area contributed by atoms with Crippen molar-refractivity contribution in [2.24, 2.45) is 0 Å². The van der Waals surface area contributed by atoms with E-state index in [0.717, 1.165) is 12.5 Å². The molecule has 7 heteroatoms. The van der Waals surface area contributed by atoms with Crippen molar-refractivity contribution in [1.82, 2.24) is 5.32 Å². The molecule has 0 aliphatic carbocycles. The van der Waals surface area contributed by atoms with Gasteiger partial charge in [-0.05, 0) is 24.6 Å². The highest BCUT2D eigenvalue weighted by Crippen LogP contribution is 2.36. The molecule has 0 heterocycles. The molecule has 0 aliphatic heterocycles. The lowest BCUT2D eigenvalue weighted by molar-refractivity contribution is -0.137. The fourth-order valence-electron chi connectivity index (χ4n) is 1.41. The first-order valence-electron chi connectivity index (χ1n) is 5.72. The van der Waals surface area contributed by atoms with Crippen LogP contribution in [0.4, 0.5) is 18.9 Å². The molecule has 2 N–H and O–H groups in total. The smallest absolute Gasteiger partial charge is 0.376 e. The Hall–Kier alpha value is -1.24. The number of benzene rings is 1. The second-order valence-electron chi connectivity index (χ2n) is 3.89. The predicted octanol–water partition coefficient (Wildman–Crippen LogP) is 3.41. The monoisotopic (exact) mass is 338 g/mol. The van der Waals surface area contributed by atoms with Crippen LogP contribution < -0.4 is 10.6 Å². The van der Waals surface area contributed by atoms with Crippen LogP contribution in [0.2, 0.25) is 0 Å². The Labute approximate surface area is 117 Å². The number of hydrogen-bond acceptors (Lipinski definition) is 2. The number of hydrogen-bond donors (Lipinski definition) is 2. The molecule has 0 atom stereocenters. The van der Waals surface area contributed by atoms with Crippen LogP contribution in [0, 0.1) is 0 Å². The van der Waals surface area contributed by atoms with Crippen molar-refractivity contribution in [2.75, 3.05) is 18.4 Å². The molecule has 0 fully saturated rings. The molecule has 0 aromatic heterocycles. The summed E-state index contributed by atoms with van der Waals surface area (Å²) in [5.74, 6) is -0.338. The van der Waals surface area contributed by atoms with Gasteiger partial charge in [0.25, 0.3) is 0 Å². The van der Waals surface area contributed by atoms with E-state index in [0.29, 0.717) is 11.0 Å². The topological polar surface area (TPSA) is 41.1 Å². The Balaban J connectivity index is 2.77. The first-order chi connectivity index (χ1) is 8.84. The Morgan fingerprint density at radius 3 is 2.63 bits per heavy atom. The summed E-state index contributed by atoms with van der Waals surface area (Å²) in [6, 6.07) is 3.58. The number of amides is 1. The van der Waals surface area contributed by atoms with Crippen LogP contribution in [0.5, 0.6) is 0 Å². The van der Waals surface area contributed by atoms with Crippen molar-refractivity contribution < 1.29 is 18.0 Å². The molecule has 106 valence electrons. The summed E-state index contributed by atoms with van der Waals surface area (Å²) in [4.78, 5) is 11.4. The van der Waals surface area contributed by atoms with Crippen molar-refractivity contribution in [3.05, 3.63) is 28.2 Å². The SMILES string of the molecule is CCCNC(=O)CNc1cc(Br)ccc1C(F)(F)F. The first-order valence-corrected chi connectivity index (χ1v) is 6.51. The molecule has 0 radical (unpaired) electrons. The van der Waals surface area contributed by atoms with Gasteiger partial charge in [0, 0.05) is 16.7 Å². The molecule has 1 aromatic carbocycles. The zero-order valence-electron chi connectivity index (χ0n) is 10.3. The van der Waals surface area contributed by atoms with Crippen molar-refractivity contribution in [1.29, 1.82) is 0 Å². The van der Waals surface area contributed by atoms with E-state index in [-0.39, 0.29) is 18.1 Å². The third-order valence-corrected chi connectivity index (χ3v) is 2.79. The molecule has 0 spiro atoms. The van der Waals surface area contributed by atoms with Crippen molar-refractivity contribution >= 4 is 27.5 Å². The molecule has 0 unspecified atom stereocenters. The highest BCUT2D eigenvalue weighted by Gasteiger charge is 2.33. The van der Waals surface area contributed by atoms with Crippen molar-refractivity contribution in [3.8, 4) is 0 Å². The number of anilines is 1. The van der Waals surface area contributed by atoms with Crippen molar-refractivity contribution in [2.45, 2.75) is 19.5 Å². The normalized spacial score (nSPS) is 11.2. The molecule has 3 nitrogen and oxygen atoms in total. The summed E-state index contributed by atoms with van der Waals surface area (Å²) in [7, 11) is 0. The zero-order chi connectivity index (χ0) is 14.5. The van der Waals surface area contributed by atoms with E-state index in [1.807, 2.05) is 6.92 Å². The Kier molecular flexibility index (Phi) is 5.65. The summed E-state index contributed by atoms with van der Waals surface area (Å²) in [6.45, 7) is 2.20. The van der Waals surface area contributed by atoms with E-state index in [1.165, 1.54) is 12.1 Å². The lowest BCUT2D eigenvalue weighted by atomic mass is 10.1. The quantitative estimate of drug-likeness (QED) is 0.863. The van der Waals surface area contributed by atoms with Gasteiger partial charge in [-0.3, -0.25) is 4.79 Å². The minimum Gasteiger partial charge on any atom is -0.376 e. The summed E-state index contributed by atoms with van der Waals surface area (Å²) < 4.78 is 38.8. The van der Waals surface area contributed by atoms with E-state index in [2.05, 4.69) is 26.6 Å². The second kappa shape index (κ2) is 6.79. The Morgan fingerprint density at radius 2 is 2.05 bits per heavy atom. The molecule has 1 aromatic rings. The van der Waals surface area contributed by atoms with Crippen LogP contribution in [0.15, 0.2) is 22.7 Å². The van der Waals surface area contributed by atoms with E-state index < -0.39 is 11.7 Å². The van der Waals surface area contributed by atoms with Gasteiger partial charge in [-0.2, -0.15) is 13.2 Å². The van der Waals surface area contributed by atoms with E-state index >= 15 is 0 Å². The van der Waals surface area contributed by atoms with E-state index in [9.17, 15) is 18.0 Å². The lowest BCUT2D eigenvalue weighted by Gasteiger charge is -2.14. The van der Waals surface area contributed by atoms with Crippen LogP contribution in [-0.2, 0) is 11.0 Å². The highest BCUT2D eigenvalue weighted by atomic mass is 79.9. The average molecular weight is 339 g/mol. The summed E-state index contributed by atoms with van der Waals surface area (Å²) in [6.07, 6.45) is -3.68. The van der Waals surface area contributed by atoms with Gasteiger partial charge in [0.2, 0.25) is 5.91 Å². The number of halogens is 4. The summed E-state index contributed by atoms with van der Waals surface area (Å²) in [5, 5.41) is 5.09. The number of alkyl halides is 3. The fourth-order valence-corrected chi connectivity index (χ4v) is 1.77. The van der Waals surface area contributed by atoms with Gasteiger partial charge >= 0.3 is 6.18 Å². The third kappa shape index (κ3) is 5.10. The maximum Gasteiger partial charge on any atom is 0.418 e. The van der Waals surface area contributed by atoms with E-state index in [4.69, 9.17) is 0 Å². The van der Waals surface area contributed by atoms with Crippen LogP contribution in [0.3, 0.4) is 0 Å². The molecule has 0 bridgehead atoms. The lowest BCUT2D eigenvalue weighted by Crippen LogP contribution is -2.30. The second-order valence-corrected chi connectivity index (χ2v) is 4.81. The maximum absolute atomic E-state index is 12.8. The van der Waals surface area contributed by atoms with E-state index in [1.54, 1.807) is 0 Å². The van der Waals surface area contributed by atoms with Gasteiger partial charge in [-0.25, -0.2) is 0 Å². The average Bonchev–Trinajstić information content (AvgIpc) is 2.32. The van der Waals surface area contributed by atoms with Crippen LogP contribution in [0.1, 0.15) is 18.9 Å². The highest BCUT2D eigenvalue weighted by molar-refractivity contribution is 9.10. The fraction of sp³-hybridized carbons (Fsp3) is 0.417. The molecule has 1 amide bonds. The van der Waals surface area contributed by atoms with Gasteiger partial charge in [0.1, 0.15) is 0 Å². The minimum absolute atomic E-state index is 0.117. The molecule has 1 rings (SSSR count). The van der Waals surface area contributed by atoms with Gasteiger partial charge in [-0.1, -0.05) is 22.9 Å². The predicted molar refractivity (Wildman–Crippen MR) is 70.9 cm³/mol. The summed E-state index contributed by atoms with van der Waals surface area (Å²) in [5.41, 5.74) is -0.910. The summed E-state index contributed by atoms with van der Waals surface area (Å²) >= 11 is 3.10. The Bertz CT molecular complexity index is 449. The van der Waals surface area contributed by atoms with Gasteiger partial charge in [-0.15, -0.1) is 0 Å². The molecule has 0 saturated carbocycles. The van der Waals surface area contributed by atoms with Crippen LogP contribution in [-0.4, -0.2) is 19.0 Å². The minimum atomic E-state index is -4.46. The van der Waals surface area contributed by atoms with Crippen LogP contribution >= 0.6 is 15.9 Å². The number of rotatable bonds is 5. The zero-order valence-corrected chi connectivity index (χ0v) is 11.9. The van der Waals surface area contributed by atoms with Crippen molar-refractivity contribution in [3.63, 3.8) is 0 Å².